The zero-order valence-corrected chi connectivity index (χ0v) is 12.2. The molecule has 0 aliphatic carbocycles. The number of anilines is 1. The molecule has 1 aromatic heterocycles. The van der Waals surface area contributed by atoms with Crippen molar-refractivity contribution in [3.05, 3.63) is 63.3 Å². The number of carbonyl (C=O) groups is 1. The minimum absolute atomic E-state index is 0.219. The molecule has 1 aromatic carbocycles. The first kappa shape index (κ1) is 15.0. The lowest BCUT2D eigenvalue weighted by molar-refractivity contribution is -0.116. The molecule has 21 heavy (non-hydrogen) atoms. The van der Waals surface area contributed by atoms with Crippen LogP contribution in [0.3, 0.4) is 0 Å². The zero-order chi connectivity index (χ0) is 15.6. The van der Waals surface area contributed by atoms with E-state index in [0.717, 1.165) is 45.3 Å². The maximum Gasteiger partial charge on any atom is 0.251 e. The fraction of sp³-hybridized carbons (Fsp3) is 0.250. The predicted molar refractivity (Wildman–Crippen MR) is 79.9 cm³/mol. The number of pyridine rings is 1. The van der Waals surface area contributed by atoms with Crippen LogP contribution in [-0.2, 0) is 11.3 Å². The Labute approximate surface area is 122 Å². The molecule has 0 saturated heterocycles. The highest BCUT2D eigenvalue weighted by atomic mass is 19.1. The number of nitrogens with one attached hydrogen (secondary N) is 1. The molecule has 1 N–H and O–H groups in total. The fourth-order valence-corrected chi connectivity index (χ4v) is 2.34. The Kier molecular flexibility index (Phi) is 4.21. The number of nitrogens with zero attached hydrogens (tertiary/aromatic N) is 1. The van der Waals surface area contributed by atoms with Gasteiger partial charge in [0.1, 0.15) is 12.4 Å². The molecule has 0 spiro atoms. The van der Waals surface area contributed by atoms with E-state index in [1.165, 1.54) is 0 Å². The summed E-state index contributed by atoms with van der Waals surface area (Å²) in [5.74, 6) is -0.914. The van der Waals surface area contributed by atoms with E-state index in [2.05, 4.69) is 5.32 Å². The van der Waals surface area contributed by atoms with Crippen molar-refractivity contribution in [1.82, 2.24) is 4.57 Å². The van der Waals surface area contributed by atoms with Gasteiger partial charge in [-0.3, -0.25) is 9.59 Å². The second-order valence-corrected chi connectivity index (χ2v) is 5.14. The van der Waals surface area contributed by atoms with E-state index >= 15 is 0 Å². The van der Waals surface area contributed by atoms with Gasteiger partial charge in [0, 0.05) is 18.0 Å². The van der Waals surface area contributed by atoms with Crippen LogP contribution >= 0.6 is 0 Å². The first-order chi connectivity index (χ1) is 9.86. The van der Waals surface area contributed by atoms with E-state index in [1.54, 1.807) is 0 Å². The summed E-state index contributed by atoms with van der Waals surface area (Å²) in [7, 11) is 0. The standard InChI is InChI=1S/C16H17FN2O2/c1-10-6-11(2)16(12(3)7-10)18-14(20)9-19-8-13(17)4-5-15(19)21/h4-8H,9H2,1-3H3,(H,18,20). The molecule has 0 radical (unpaired) electrons. The Bertz CT molecular complexity index is 727. The van der Waals surface area contributed by atoms with E-state index in [9.17, 15) is 14.0 Å². The first-order valence-corrected chi connectivity index (χ1v) is 6.60. The van der Waals surface area contributed by atoms with Crippen molar-refractivity contribution in [2.24, 2.45) is 0 Å². The molecular weight excluding hydrogens is 271 g/mol. The fourth-order valence-electron chi connectivity index (χ4n) is 2.34. The number of amides is 1. The van der Waals surface area contributed by atoms with Gasteiger partial charge in [-0.05, 0) is 38.0 Å². The molecule has 110 valence electrons. The molecule has 1 amide bonds. The van der Waals surface area contributed by atoms with Crippen molar-refractivity contribution < 1.29 is 9.18 Å². The highest BCUT2D eigenvalue weighted by molar-refractivity contribution is 5.92. The number of hydrogen-bond acceptors (Lipinski definition) is 2. The summed E-state index contributed by atoms with van der Waals surface area (Å²) in [5.41, 5.74) is 3.34. The minimum Gasteiger partial charge on any atom is -0.324 e. The van der Waals surface area contributed by atoms with Gasteiger partial charge in [0.2, 0.25) is 5.91 Å². The first-order valence-electron chi connectivity index (χ1n) is 6.60. The van der Waals surface area contributed by atoms with Gasteiger partial charge < -0.3 is 9.88 Å². The van der Waals surface area contributed by atoms with Crippen molar-refractivity contribution in [1.29, 1.82) is 0 Å². The van der Waals surface area contributed by atoms with Gasteiger partial charge in [-0.25, -0.2) is 4.39 Å². The molecule has 0 bridgehead atoms. The third-order valence-corrected chi connectivity index (χ3v) is 3.20. The van der Waals surface area contributed by atoms with Crippen molar-refractivity contribution in [2.45, 2.75) is 27.3 Å². The molecule has 0 aliphatic rings. The Balaban J connectivity index is 2.19. The zero-order valence-electron chi connectivity index (χ0n) is 12.2. The van der Waals surface area contributed by atoms with Crippen LogP contribution in [0.4, 0.5) is 10.1 Å². The second-order valence-electron chi connectivity index (χ2n) is 5.14. The summed E-state index contributed by atoms with van der Waals surface area (Å²) < 4.78 is 14.2. The van der Waals surface area contributed by atoms with Crippen molar-refractivity contribution >= 4 is 11.6 Å². The highest BCUT2D eigenvalue weighted by Gasteiger charge is 2.10. The molecule has 0 saturated carbocycles. The topological polar surface area (TPSA) is 51.1 Å². The number of aromatic nitrogens is 1. The molecule has 2 rings (SSSR count). The maximum atomic E-state index is 13.1. The van der Waals surface area contributed by atoms with E-state index in [1.807, 2.05) is 32.9 Å². The Hall–Kier alpha value is -2.43. The summed E-state index contributed by atoms with van der Waals surface area (Å²) in [5, 5.41) is 2.78. The van der Waals surface area contributed by atoms with Crippen LogP contribution in [0, 0.1) is 26.6 Å². The number of benzene rings is 1. The maximum absolute atomic E-state index is 13.1. The van der Waals surface area contributed by atoms with Gasteiger partial charge in [0.25, 0.3) is 5.56 Å². The Morgan fingerprint density at radius 1 is 1.19 bits per heavy atom. The lowest BCUT2D eigenvalue weighted by Crippen LogP contribution is -2.27. The van der Waals surface area contributed by atoms with Gasteiger partial charge in [-0.2, -0.15) is 0 Å². The molecule has 0 atom stereocenters. The third-order valence-electron chi connectivity index (χ3n) is 3.20. The molecule has 0 unspecified atom stereocenters. The van der Waals surface area contributed by atoms with Crippen molar-refractivity contribution in [3.63, 3.8) is 0 Å². The van der Waals surface area contributed by atoms with Gasteiger partial charge in [0.15, 0.2) is 0 Å². The summed E-state index contributed by atoms with van der Waals surface area (Å²) >= 11 is 0. The SMILES string of the molecule is Cc1cc(C)c(NC(=O)Cn2cc(F)ccc2=O)c(C)c1. The van der Waals surface area contributed by atoms with Crippen LogP contribution in [0.2, 0.25) is 0 Å². The van der Waals surface area contributed by atoms with Gasteiger partial charge >= 0.3 is 0 Å². The monoisotopic (exact) mass is 288 g/mol. The lowest BCUT2D eigenvalue weighted by Gasteiger charge is -2.13. The van der Waals surface area contributed by atoms with Gasteiger partial charge in [-0.15, -0.1) is 0 Å². The lowest BCUT2D eigenvalue weighted by atomic mass is 10.1. The van der Waals surface area contributed by atoms with Gasteiger partial charge in [0.05, 0.1) is 0 Å². The summed E-state index contributed by atoms with van der Waals surface area (Å²) in [4.78, 5) is 23.6. The molecule has 4 nitrogen and oxygen atoms in total. The van der Waals surface area contributed by atoms with E-state index in [4.69, 9.17) is 0 Å². The summed E-state index contributed by atoms with van der Waals surface area (Å²) in [6.07, 6.45) is 1.02. The van der Waals surface area contributed by atoms with Crippen LogP contribution in [-0.4, -0.2) is 10.5 Å². The normalized spacial score (nSPS) is 10.5. The second kappa shape index (κ2) is 5.91. The molecule has 2 aromatic rings. The quantitative estimate of drug-likeness (QED) is 0.943. The molecule has 5 heteroatoms. The number of aryl methyl sites for hydroxylation is 3. The average Bonchev–Trinajstić information content (AvgIpc) is 2.38. The van der Waals surface area contributed by atoms with Crippen LogP contribution in [0.25, 0.3) is 0 Å². The van der Waals surface area contributed by atoms with Crippen molar-refractivity contribution in [2.75, 3.05) is 5.32 Å². The molecule has 1 heterocycles. The Morgan fingerprint density at radius 3 is 2.43 bits per heavy atom. The highest BCUT2D eigenvalue weighted by Crippen LogP contribution is 2.21. The minimum atomic E-state index is -0.551. The number of carbonyl (C=O) groups excluding carboxylic acids is 1. The van der Waals surface area contributed by atoms with E-state index in [0.29, 0.717) is 0 Å². The number of hydrogen-bond donors (Lipinski definition) is 1. The molecular formula is C16H17FN2O2. The van der Waals surface area contributed by atoms with Crippen molar-refractivity contribution in [3.8, 4) is 0 Å². The number of halogens is 1. The molecule has 0 aliphatic heterocycles. The summed E-state index contributed by atoms with van der Waals surface area (Å²) in [6, 6.07) is 6.12. The van der Waals surface area contributed by atoms with E-state index < -0.39 is 11.4 Å². The van der Waals surface area contributed by atoms with Crippen LogP contribution in [0.15, 0.2) is 35.3 Å². The smallest absolute Gasteiger partial charge is 0.251 e. The molecule has 0 fully saturated rings. The third kappa shape index (κ3) is 3.56. The number of rotatable bonds is 3. The van der Waals surface area contributed by atoms with Crippen LogP contribution in [0.5, 0.6) is 0 Å². The van der Waals surface area contributed by atoms with Crippen LogP contribution in [0.1, 0.15) is 16.7 Å². The van der Waals surface area contributed by atoms with Crippen LogP contribution < -0.4 is 10.9 Å². The predicted octanol–water partition coefficient (Wildman–Crippen LogP) is 2.55. The largest absolute Gasteiger partial charge is 0.324 e. The average molecular weight is 288 g/mol. The van der Waals surface area contributed by atoms with Gasteiger partial charge in [-0.1, -0.05) is 17.7 Å². The van der Waals surface area contributed by atoms with E-state index in [-0.39, 0.29) is 12.5 Å². The Morgan fingerprint density at radius 2 is 1.81 bits per heavy atom. The summed E-state index contributed by atoms with van der Waals surface area (Å²) in [6.45, 7) is 5.58.